The number of aryl methyl sites for hydroxylation is 1. The van der Waals surface area contributed by atoms with Gasteiger partial charge in [0.25, 0.3) is 0 Å². The van der Waals surface area contributed by atoms with E-state index in [1.54, 1.807) is 32.2 Å². The summed E-state index contributed by atoms with van der Waals surface area (Å²) in [5.41, 5.74) is 1.70. The Labute approximate surface area is 119 Å². The monoisotopic (exact) mass is 267 g/mol. The summed E-state index contributed by atoms with van der Waals surface area (Å²) in [6.45, 7) is 3.67. The fraction of sp³-hybridized carbons (Fsp3) is 0.235. The van der Waals surface area contributed by atoms with Crippen LogP contribution in [0.2, 0.25) is 0 Å². The third kappa shape index (κ3) is 2.52. The van der Waals surface area contributed by atoms with Crippen molar-refractivity contribution in [2.45, 2.75) is 19.4 Å². The van der Waals surface area contributed by atoms with Gasteiger partial charge in [0.1, 0.15) is 11.4 Å². The number of nitriles is 1. The van der Waals surface area contributed by atoms with Crippen LogP contribution in [-0.2, 0) is 5.60 Å². The second kappa shape index (κ2) is 5.36. The summed E-state index contributed by atoms with van der Waals surface area (Å²) in [4.78, 5) is 0. The molecule has 0 radical (unpaired) electrons. The number of ether oxygens (including phenoxy) is 1. The maximum Gasteiger partial charge on any atom is 0.125 e. The minimum absolute atomic E-state index is 0.523. The second-order valence-corrected chi connectivity index (χ2v) is 4.97. The van der Waals surface area contributed by atoms with Crippen LogP contribution in [0.1, 0.15) is 29.2 Å². The molecule has 0 aliphatic rings. The largest absolute Gasteiger partial charge is 0.496 e. The molecule has 2 aromatic carbocycles. The first-order valence-electron chi connectivity index (χ1n) is 6.37. The summed E-state index contributed by atoms with van der Waals surface area (Å²) >= 11 is 0. The van der Waals surface area contributed by atoms with Gasteiger partial charge in [-0.1, -0.05) is 23.8 Å². The summed E-state index contributed by atoms with van der Waals surface area (Å²) < 4.78 is 5.34. The van der Waals surface area contributed by atoms with E-state index in [0.717, 1.165) is 5.56 Å². The van der Waals surface area contributed by atoms with Gasteiger partial charge in [0.15, 0.2) is 0 Å². The molecule has 0 heterocycles. The number of hydrogen-bond acceptors (Lipinski definition) is 3. The van der Waals surface area contributed by atoms with Crippen molar-refractivity contribution in [2.75, 3.05) is 7.11 Å². The van der Waals surface area contributed by atoms with Crippen molar-refractivity contribution in [3.8, 4) is 11.8 Å². The first kappa shape index (κ1) is 14.1. The van der Waals surface area contributed by atoms with E-state index in [1.165, 1.54) is 0 Å². The van der Waals surface area contributed by atoms with E-state index in [1.807, 2.05) is 31.2 Å². The fourth-order valence-corrected chi connectivity index (χ4v) is 2.25. The Bertz CT molecular complexity index is 669. The topological polar surface area (TPSA) is 53.2 Å². The highest BCUT2D eigenvalue weighted by Gasteiger charge is 2.29. The lowest BCUT2D eigenvalue weighted by Gasteiger charge is -2.27. The van der Waals surface area contributed by atoms with Gasteiger partial charge in [-0.15, -0.1) is 0 Å². The Morgan fingerprint density at radius 2 is 1.95 bits per heavy atom. The van der Waals surface area contributed by atoms with E-state index < -0.39 is 5.60 Å². The third-order valence-corrected chi connectivity index (χ3v) is 3.43. The van der Waals surface area contributed by atoms with Crippen LogP contribution in [0.5, 0.6) is 5.75 Å². The van der Waals surface area contributed by atoms with Gasteiger partial charge in [-0.25, -0.2) is 0 Å². The molecule has 2 aromatic rings. The smallest absolute Gasteiger partial charge is 0.125 e. The number of benzene rings is 2. The molecular weight excluding hydrogens is 250 g/mol. The minimum atomic E-state index is -1.22. The number of methoxy groups -OCH3 is 1. The van der Waals surface area contributed by atoms with Crippen LogP contribution in [0.15, 0.2) is 42.5 Å². The van der Waals surface area contributed by atoms with Gasteiger partial charge < -0.3 is 9.84 Å². The van der Waals surface area contributed by atoms with Gasteiger partial charge in [-0.05, 0) is 43.7 Å². The molecule has 1 atom stereocenters. The number of rotatable bonds is 3. The van der Waals surface area contributed by atoms with Gasteiger partial charge >= 0.3 is 0 Å². The average Bonchev–Trinajstić information content (AvgIpc) is 2.47. The number of nitrogens with zero attached hydrogens (tertiary/aromatic N) is 1. The highest BCUT2D eigenvalue weighted by Crippen LogP contribution is 2.36. The molecule has 0 spiro atoms. The van der Waals surface area contributed by atoms with E-state index in [-0.39, 0.29) is 0 Å². The zero-order valence-corrected chi connectivity index (χ0v) is 11.8. The minimum Gasteiger partial charge on any atom is -0.496 e. The molecule has 3 nitrogen and oxygen atoms in total. The van der Waals surface area contributed by atoms with Crippen LogP contribution in [0.3, 0.4) is 0 Å². The van der Waals surface area contributed by atoms with Gasteiger partial charge in [-0.2, -0.15) is 5.26 Å². The van der Waals surface area contributed by atoms with Gasteiger partial charge in [0.05, 0.1) is 18.7 Å². The number of aliphatic hydroxyl groups is 1. The Kier molecular flexibility index (Phi) is 3.78. The zero-order valence-electron chi connectivity index (χ0n) is 11.8. The second-order valence-electron chi connectivity index (χ2n) is 4.97. The Morgan fingerprint density at radius 1 is 1.20 bits per heavy atom. The van der Waals surface area contributed by atoms with Gasteiger partial charge in [-0.3, -0.25) is 0 Å². The van der Waals surface area contributed by atoms with E-state index in [4.69, 9.17) is 10.00 Å². The van der Waals surface area contributed by atoms with Crippen molar-refractivity contribution in [1.82, 2.24) is 0 Å². The summed E-state index contributed by atoms with van der Waals surface area (Å²) in [5, 5.41) is 19.9. The molecular formula is C17H17NO2. The van der Waals surface area contributed by atoms with Crippen LogP contribution < -0.4 is 4.74 Å². The summed E-state index contributed by atoms with van der Waals surface area (Å²) in [7, 11) is 1.58. The molecule has 0 bridgehead atoms. The van der Waals surface area contributed by atoms with Gasteiger partial charge in [0.2, 0.25) is 0 Å². The normalized spacial score (nSPS) is 13.3. The molecule has 0 aromatic heterocycles. The molecule has 0 fully saturated rings. The molecule has 0 saturated carbocycles. The van der Waals surface area contributed by atoms with Crippen molar-refractivity contribution < 1.29 is 9.84 Å². The molecule has 0 aliphatic heterocycles. The Balaban J connectivity index is 2.59. The van der Waals surface area contributed by atoms with Crippen molar-refractivity contribution in [1.29, 1.82) is 5.26 Å². The van der Waals surface area contributed by atoms with Crippen LogP contribution in [0, 0.1) is 18.3 Å². The first-order chi connectivity index (χ1) is 9.48. The molecule has 0 amide bonds. The summed E-state index contributed by atoms with van der Waals surface area (Å²) in [5.74, 6) is 0.628. The van der Waals surface area contributed by atoms with E-state index >= 15 is 0 Å². The number of hydrogen-bond donors (Lipinski definition) is 1. The fourth-order valence-electron chi connectivity index (χ4n) is 2.25. The molecule has 1 N–H and O–H groups in total. The van der Waals surface area contributed by atoms with Crippen LogP contribution in [0.25, 0.3) is 0 Å². The lowest BCUT2D eigenvalue weighted by Crippen LogP contribution is -2.24. The zero-order chi connectivity index (χ0) is 14.8. The molecule has 102 valence electrons. The lowest BCUT2D eigenvalue weighted by atomic mass is 9.86. The predicted octanol–water partition coefficient (Wildman–Crippen LogP) is 3.13. The van der Waals surface area contributed by atoms with E-state index in [9.17, 15) is 5.11 Å². The molecule has 1 unspecified atom stereocenters. The van der Waals surface area contributed by atoms with E-state index in [0.29, 0.717) is 22.4 Å². The van der Waals surface area contributed by atoms with E-state index in [2.05, 4.69) is 6.07 Å². The molecule has 3 heteroatoms. The first-order valence-corrected chi connectivity index (χ1v) is 6.37. The predicted molar refractivity (Wildman–Crippen MR) is 77.6 cm³/mol. The van der Waals surface area contributed by atoms with Crippen molar-refractivity contribution in [3.05, 3.63) is 64.7 Å². The SMILES string of the molecule is COc1ccc(C)cc1C(C)(O)c1cccc(C#N)c1. The van der Waals surface area contributed by atoms with Crippen LogP contribution in [-0.4, -0.2) is 12.2 Å². The average molecular weight is 267 g/mol. The molecule has 0 aliphatic carbocycles. The third-order valence-electron chi connectivity index (χ3n) is 3.43. The molecule has 20 heavy (non-hydrogen) atoms. The highest BCUT2D eigenvalue weighted by atomic mass is 16.5. The standard InChI is InChI=1S/C17H17NO2/c1-12-7-8-16(20-3)15(9-12)17(2,19)14-6-4-5-13(10-14)11-18/h4-10,19H,1-3H3. The lowest BCUT2D eigenvalue weighted by molar-refractivity contribution is 0.0988. The summed E-state index contributed by atoms with van der Waals surface area (Å²) in [6, 6.07) is 14.8. The Morgan fingerprint density at radius 3 is 2.60 bits per heavy atom. The van der Waals surface area contributed by atoms with Gasteiger partial charge in [0, 0.05) is 5.56 Å². The quantitative estimate of drug-likeness (QED) is 0.929. The highest BCUT2D eigenvalue weighted by molar-refractivity contribution is 5.47. The van der Waals surface area contributed by atoms with Crippen molar-refractivity contribution in [3.63, 3.8) is 0 Å². The molecule has 0 saturated heterocycles. The molecule has 2 rings (SSSR count). The Hall–Kier alpha value is -2.31. The van der Waals surface area contributed by atoms with Crippen LogP contribution >= 0.6 is 0 Å². The van der Waals surface area contributed by atoms with Crippen molar-refractivity contribution >= 4 is 0 Å². The maximum absolute atomic E-state index is 10.9. The summed E-state index contributed by atoms with van der Waals surface area (Å²) in [6.07, 6.45) is 0. The van der Waals surface area contributed by atoms with Crippen LogP contribution in [0.4, 0.5) is 0 Å². The maximum atomic E-state index is 10.9. The van der Waals surface area contributed by atoms with Crippen molar-refractivity contribution in [2.24, 2.45) is 0 Å².